The Hall–Kier alpha value is -8.31. The Balaban J connectivity index is 0.000000578. The first-order valence-electron chi connectivity index (χ1n) is 27.7. The van der Waals surface area contributed by atoms with Crippen LogP contribution in [0.2, 0.25) is 0 Å². The second-order valence-corrected chi connectivity index (χ2v) is 24.6. The molecule has 1 aliphatic heterocycles. The number of amides is 3. The first-order chi connectivity index (χ1) is 43.1. The molecule has 0 atom stereocenters. The second-order valence-electron chi connectivity index (χ2n) is 21.8. The number of carbonyl (C=O) groups is 6. The van der Waals surface area contributed by atoms with Gasteiger partial charge in [0.2, 0.25) is 17.7 Å². The number of pyridine rings is 5. The summed E-state index contributed by atoms with van der Waals surface area (Å²) in [6.45, 7) is 21.0. The van der Waals surface area contributed by atoms with Crippen LogP contribution in [0, 0.1) is 5.95 Å². The van der Waals surface area contributed by atoms with E-state index in [1.807, 2.05) is 40.0 Å². The average Bonchev–Trinajstić information content (AvgIpc) is 1.53. The van der Waals surface area contributed by atoms with Crippen molar-refractivity contribution >= 4 is 107 Å². The number of carbonyl (C=O) groups excluding carboxylic acids is 5. The average molecular weight is 1490 g/mol. The van der Waals surface area contributed by atoms with Gasteiger partial charge in [0.25, 0.3) is 0 Å². The predicted molar refractivity (Wildman–Crippen MR) is 354 cm³/mol. The molecule has 8 aromatic rings. The van der Waals surface area contributed by atoms with Crippen LogP contribution in [0.3, 0.4) is 0 Å². The Kier molecular flexibility index (Phi) is 36.3. The van der Waals surface area contributed by atoms with Gasteiger partial charge in [0.15, 0.2) is 23.7 Å². The largest absolute Gasteiger partial charge is 1.00 e. The van der Waals surface area contributed by atoms with E-state index in [2.05, 4.69) is 97.4 Å². The number of nitrogens with one attached hydrogen (secondary N) is 1. The number of nitrogens with zero attached hydrogens (tertiary/aromatic N) is 11. The van der Waals surface area contributed by atoms with Crippen LogP contribution in [0.1, 0.15) is 120 Å². The van der Waals surface area contributed by atoms with Gasteiger partial charge in [0.05, 0.1) is 0 Å². The molecule has 32 heteroatoms. The molecule has 3 N–H and O–H groups in total. The maximum Gasteiger partial charge on any atom is 1.00 e. The molecule has 94 heavy (non-hydrogen) atoms. The quantitative estimate of drug-likeness (QED) is 0.0586. The van der Waals surface area contributed by atoms with Crippen molar-refractivity contribution in [1.82, 2.24) is 39.9 Å². The van der Waals surface area contributed by atoms with Gasteiger partial charge in [0.1, 0.15) is 70.3 Å². The van der Waals surface area contributed by atoms with Gasteiger partial charge in [0, 0.05) is 117 Å². The number of carboxylic acids is 1. The number of oxazole rings is 3. The van der Waals surface area contributed by atoms with Crippen LogP contribution in [0.4, 0.5) is 42.0 Å². The topological polar surface area (TPSA) is 354 Å². The van der Waals surface area contributed by atoms with E-state index in [1.165, 1.54) is 92.0 Å². The number of Topliss-reactive ketones (excluding diaryl/α,β-unsaturated/α-hetero) is 2. The van der Waals surface area contributed by atoms with Gasteiger partial charge in [-0.2, -0.15) is 4.39 Å². The van der Waals surface area contributed by atoms with Crippen LogP contribution in [0.25, 0.3) is 22.9 Å². The monoisotopic (exact) mass is 1490 g/mol. The minimum atomic E-state index is -1.18. The fraction of sp³-hybridized carbons (Fsp3) is 0.355. The number of hydrogen-bond acceptors (Lipinski definition) is 23. The summed E-state index contributed by atoms with van der Waals surface area (Å²) in [7, 11) is 6.56. The SMILES string of the molecule is C1CCOC1.CC(=O)c1coc(-c2ccnc(N(C)C(=O)OC(C)(C)C)c2)n1.CC(=O)c1cocn1.CN(C(=O)OC(C)(C)C)c1cc(-c2nc(C(=O)O)co2)ccn1.CN(C(=O)OC(C)(C)C)c1cc(Br)ccn1.CNc1cc(Br)ccn1.Fc1cc(Br)ccn1.[Li+].[OH-]. The van der Waals surface area contributed by atoms with Crippen molar-refractivity contribution in [2.24, 2.45) is 0 Å². The summed E-state index contributed by atoms with van der Waals surface area (Å²) in [6.07, 6.45) is 13.7. The molecule has 27 nitrogen and oxygen atoms in total. The first kappa shape index (κ1) is 83.7. The van der Waals surface area contributed by atoms with Crippen molar-refractivity contribution in [2.75, 3.05) is 61.4 Å². The van der Waals surface area contributed by atoms with Crippen LogP contribution in [-0.2, 0) is 18.9 Å². The molecule has 0 saturated carbocycles. The number of ketones is 2. The summed E-state index contributed by atoms with van der Waals surface area (Å²) in [6, 6.07) is 16.8. The van der Waals surface area contributed by atoms with Crippen molar-refractivity contribution in [1.29, 1.82) is 0 Å². The van der Waals surface area contributed by atoms with Gasteiger partial charge in [-0.1, -0.05) is 47.8 Å². The third-order valence-electron chi connectivity index (χ3n) is 10.6. The van der Waals surface area contributed by atoms with Crippen molar-refractivity contribution < 1.29 is 94.8 Å². The maximum absolute atomic E-state index is 12.1. The zero-order valence-corrected chi connectivity index (χ0v) is 59.7. The molecule has 8 aromatic heterocycles. The van der Waals surface area contributed by atoms with Crippen molar-refractivity contribution in [3.63, 3.8) is 0 Å². The molecule has 1 fully saturated rings. The summed E-state index contributed by atoms with van der Waals surface area (Å²) >= 11 is 9.73. The number of carboxylic acid groups (broad SMARTS) is 1. The van der Waals surface area contributed by atoms with Gasteiger partial charge in [-0.15, -0.1) is 0 Å². The van der Waals surface area contributed by atoms with Crippen LogP contribution < -0.4 is 38.9 Å². The minimum Gasteiger partial charge on any atom is -0.870 e. The molecule has 9 rings (SSSR count). The number of aromatic carboxylic acids is 1. The zero-order valence-electron chi connectivity index (χ0n) is 54.9. The molecule has 1 saturated heterocycles. The molecular weight excluding hydrogens is 1420 g/mol. The van der Waals surface area contributed by atoms with Gasteiger partial charge >= 0.3 is 43.1 Å². The van der Waals surface area contributed by atoms with E-state index in [9.17, 15) is 33.2 Å². The second kappa shape index (κ2) is 40.7. The molecule has 0 spiro atoms. The third kappa shape index (κ3) is 32.5. The summed E-state index contributed by atoms with van der Waals surface area (Å²) in [5, 5.41) is 11.8. The summed E-state index contributed by atoms with van der Waals surface area (Å²) in [5.41, 5.74) is -0.181. The molecule has 502 valence electrons. The van der Waals surface area contributed by atoms with Gasteiger partial charge in [-0.3, -0.25) is 24.3 Å². The van der Waals surface area contributed by atoms with Crippen LogP contribution >= 0.6 is 47.8 Å². The van der Waals surface area contributed by atoms with Crippen molar-refractivity contribution in [3.05, 3.63) is 153 Å². The standard InChI is InChI=1S/C16H19N3O4.C15H17N3O5.C11H15BrN2O2.C6H7BrN2.C5H3BrFN.C5H5NO2.C4H8O.Li.H2O/c1-10(20)12-9-22-14(18-12)11-6-7-17-13(8-11)19(5)15(21)23-16(2,3)4;1-15(2,3)23-14(21)18(4)11-7-9(5-6-16-11)12-17-10(8-22-12)13(19)20;1-11(2,3)16-10(15)14(4)9-7-8(12)5-6-13-9;1-8-6-4-5(7)2-3-9-6;6-4-1-2-8-5(7)3-4;1-4(7)5-2-8-3-6-5;1-2-4-5-3-1;;/h6-9H,1-5H3;5-8H,1-4H3,(H,19,20);5-7H,1-4H3;2-4H,1H3,(H,8,9);1-3H;2-3H,1H3;1-4H2;;1H2/q;;;;;;;+1;/p-1. The number of hydrogen-bond donors (Lipinski definition) is 2. The van der Waals surface area contributed by atoms with Gasteiger partial charge in [-0.05, 0) is 130 Å². The maximum atomic E-state index is 12.1. The number of ether oxygens (including phenoxy) is 4. The van der Waals surface area contributed by atoms with E-state index in [4.69, 9.17) is 32.9 Å². The Bertz CT molecular complexity index is 3500. The Morgan fingerprint density at radius 3 is 1.21 bits per heavy atom. The van der Waals surface area contributed by atoms with Gasteiger partial charge < -0.3 is 48.1 Å². The molecule has 0 aliphatic carbocycles. The van der Waals surface area contributed by atoms with E-state index >= 15 is 0 Å². The fourth-order valence-corrected chi connectivity index (χ4v) is 7.17. The summed E-state index contributed by atoms with van der Waals surface area (Å²) in [4.78, 5) is 104. The third-order valence-corrected chi connectivity index (χ3v) is 12.1. The molecule has 0 aromatic carbocycles. The van der Waals surface area contributed by atoms with E-state index in [-0.39, 0.29) is 59.1 Å². The van der Waals surface area contributed by atoms with Crippen molar-refractivity contribution in [3.8, 4) is 22.9 Å². The molecule has 9 heterocycles. The van der Waals surface area contributed by atoms with Crippen molar-refractivity contribution in [2.45, 2.75) is 106 Å². The summed E-state index contributed by atoms with van der Waals surface area (Å²) in [5.74, 6) is 0.664. The van der Waals surface area contributed by atoms with E-state index < -0.39 is 47.0 Å². The molecule has 3 amide bonds. The number of rotatable bonds is 9. The Morgan fingerprint density at radius 2 is 0.926 bits per heavy atom. The number of halogens is 4. The van der Waals surface area contributed by atoms with Crippen LogP contribution in [0.15, 0.2) is 144 Å². The smallest absolute Gasteiger partial charge is 0.870 e. The molecular formula is C62H75Br3FLiN12O15. The number of aromatic nitrogens is 8. The Morgan fingerprint density at radius 1 is 0.543 bits per heavy atom. The first-order valence-corrected chi connectivity index (χ1v) is 30.1. The normalized spacial score (nSPS) is 11.1. The predicted octanol–water partition coefficient (Wildman–Crippen LogP) is 11.7. The Labute approximate surface area is 581 Å². The van der Waals surface area contributed by atoms with E-state index in [0.29, 0.717) is 38.7 Å². The molecule has 0 unspecified atom stereocenters. The molecule has 0 bridgehead atoms. The molecule has 0 radical (unpaired) electrons. The number of anilines is 4. The minimum absolute atomic E-state index is 0. The van der Waals surface area contributed by atoms with E-state index in [1.54, 1.807) is 110 Å². The zero-order chi connectivity index (χ0) is 68.9. The van der Waals surface area contributed by atoms with Crippen LogP contribution in [0.5, 0.6) is 0 Å². The fourth-order valence-electron chi connectivity index (χ4n) is 6.21. The molecule has 1 aliphatic rings. The van der Waals surface area contributed by atoms with Gasteiger partial charge in [-0.25, -0.2) is 59.0 Å². The summed E-state index contributed by atoms with van der Waals surface area (Å²) < 4.78 is 50.4. The van der Waals surface area contributed by atoms with Crippen LogP contribution in [-0.4, -0.2) is 144 Å². The van der Waals surface area contributed by atoms with E-state index in [0.717, 1.165) is 34.2 Å².